The van der Waals surface area contributed by atoms with E-state index < -0.39 is 60.2 Å². The molecule has 3 amide bonds. The van der Waals surface area contributed by atoms with Gasteiger partial charge in [0.1, 0.15) is 23.9 Å². The third-order valence-electron chi connectivity index (χ3n) is 7.06. The van der Waals surface area contributed by atoms with Gasteiger partial charge in [0.2, 0.25) is 17.7 Å². The molecule has 3 aromatic rings. The molecule has 236 valence electrons. The number of aromatic nitrogens is 1. The number of hydrogen-bond donors (Lipinski definition) is 8. The summed E-state index contributed by atoms with van der Waals surface area (Å²) < 4.78 is 0. The van der Waals surface area contributed by atoms with Crippen LogP contribution in [0.25, 0.3) is 10.9 Å². The first-order chi connectivity index (χ1) is 20.8. The quantitative estimate of drug-likeness (QED) is 0.117. The van der Waals surface area contributed by atoms with Crippen molar-refractivity contribution in [1.82, 2.24) is 20.9 Å². The number of fused-ring (bicyclic) bond motifs is 1. The lowest BCUT2D eigenvalue weighted by Gasteiger charge is -2.26. The zero-order valence-corrected chi connectivity index (χ0v) is 24.6. The monoisotopic (exact) mass is 609 g/mol. The summed E-state index contributed by atoms with van der Waals surface area (Å²) >= 11 is 0. The molecule has 44 heavy (non-hydrogen) atoms. The molecule has 13 nitrogen and oxygen atoms in total. The zero-order valence-electron chi connectivity index (χ0n) is 24.6. The van der Waals surface area contributed by atoms with Gasteiger partial charge in [-0.1, -0.05) is 44.2 Å². The van der Waals surface area contributed by atoms with Gasteiger partial charge < -0.3 is 42.0 Å². The summed E-state index contributed by atoms with van der Waals surface area (Å²) in [5.41, 5.74) is 8.53. The van der Waals surface area contributed by atoms with E-state index in [1.807, 2.05) is 38.1 Å². The van der Waals surface area contributed by atoms with Gasteiger partial charge in [-0.15, -0.1) is 0 Å². The number of nitrogens with one attached hydrogen (secondary N) is 4. The Labute approximate surface area is 254 Å². The van der Waals surface area contributed by atoms with Crippen molar-refractivity contribution in [3.63, 3.8) is 0 Å². The molecule has 0 spiro atoms. The predicted molar refractivity (Wildman–Crippen MR) is 162 cm³/mol. The number of H-pyrrole nitrogens is 1. The normalized spacial score (nSPS) is 13.9. The topological polar surface area (TPSA) is 224 Å². The molecule has 1 aromatic heterocycles. The molecule has 0 aliphatic heterocycles. The average molecular weight is 610 g/mol. The van der Waals surface area contributed by atoms with E-state index >= 15 is 0 Å². The highest BCUT2D eigenvalue weighted by atomic mass is 16.4. The fraction of sp³-hybridized carbons (Fsp3) is 0.387. The highest BCUT2D eigenvalue weighted by Crippen LogP contribution is 2.19. The lowest BCUT2D eigenvalue weighted by atomic mass is 9.99. The zero-order chi connectivity index (χ0) is 32.4. The number of carboxylic acids is 2. The molecule has 13 heteroatoms. The maximum atomic E-state index is 13.5. The minimum Gasteiger partial charge on any atom is -0.508 e. The van der Waals surface area contributed by atoms with Crippen LogP contribution in [0, 0.1) is 5.92 Å². The molecular weight excluding hydrogens is 570 g/mol. The highest BCUT2D eigenvalue weighted by molar-refractivity contribution is 5.94. The molecule has 3 rings (SSSR count). The summed E-state index contributed by atoms with van der Waals surface area (Å²) in [6, 6.07) is 8.63. The van der Waals surface area contributed by atoms with Gasteiger partial charge in [0.05, 0.1) is 6.04 Å². The van der Waals surface area contributed by atoms with E-state index in [4.69, 9.17) is 10.8 Å². The van der Waals surface area contributed by atoms with E-state index in [2.05, 4.69) is 20.9 Å². The van der Waals surface area contributed by atoms with E-state index in [0.717, 1.165) is 16.5 Å². The van der Waals surface area contributed by atoms with Crippen LogP contribution < -0.4 is 21.7 Å². The van der Waals surface area contributed by atoms with Gasteiger partial charge in [-0.3, -0.25) is 19.2 Å². The number of rotatable bonds is 16. The van der Waals surface area contributed by atoms with Crippen molar-refractivity contribution in [2.24, 2.45) is 11.7 Å². The molecule has 0 saturated heterocycles. The summed E-state index contributed by atoms with van der Waals surface area (Å²) in [6.07, 6.45) is 1.28. The minimum absolute atomic E-state index is 0.0120. The third-order valence-corrected chi connectivity index (χ3v) is 7.06. The number of nitrogens with two attached hydrogens (primary N) is 1. The van der Waals surface area contributed by atoms with Crippen molar-refractivity contribution < 1.29 is 39.3 Å². The third kappa shape index (κ3) is 9.83. The van der Waals surface area contributed by atoms with Crippen LogP contribution in [0.5, 0.6) is 5.75 Å². The van der Waals surface area contributed by atoms with Crippen molar-refractivity contribution in [1.29, 1.82) is 0 Å². The van der Waals surface area contributed by atoms with Crippen LogP contribution in [0.15, 0.2) is 54.7 Å². The number of para-hydroxylation sites is 1. The maximum absolute atomic E-state index is 13.5. The molecule has 4 unspecified atom stereocenters. The second-order valence-electron chi connectivity index (χ2n) is 11.1. The Bertz CT molecular complexity index is 1470. The van der Waals surface area contributed by atoms with Crippen LogP contribution in [-0.4, -0.2) is 74.1 Å². The Balaban J connectivity index is 1.77. The van der Waals surface area contributed by atoms with Crippen LogP contribution in [0.4, 0.5) is 0 Å². The first-order valence-corrected chi connectivity index (χ1v) is 14.3. The predicted octanol–water partition coefficient (Wildman–Crippen LogP) is 1.44. The summed E-state index contributed by atoms with van der Waals surface area (Å²) in [7, 11) is 0. The van der Waals surface area contributed by atoms with E-state index in [9.17, 15) is 34.2 Å². The molecule has 4 atom stereocenters. The highest BCUT2D eigenvalue weighted by Gasteiger charge is 2.31. The van der Waals surface area contributed by atoms with Crippen LogP contribution in [0.2, 0.25) is 0 Å². The summed E-state index contributed by atoms with van der Waals surface area (Å²) in [5, 5.41) is 36.7. The number of hydrogen-bond acceptors (Lipinski definition) is 7. The maximum Gasteiger partial charge on any atom is 0.326 e. The summed E-state index contributed by atoms with van der Waals surface area (Å²) in [6.45, 7) is 3.72. The van der Waals surface area contributed by atoms with Crippen molar-refractivity contribution in [3.05, 3.63) is 65.9 Å². The second kappa shape index (κ2) is 15.5. The van der Waals surface area contributed by atoms with Gasteiger partial charge in [-0.2, -0.15) is 0 Å². The van der Waals surface area contributed by atoms with Gasteiger partial charge in [0.25, 0.3) is 0 Å². The lowest BCUT2D eigenvalue weighted by molar-refractivity contribution is -0.143. The first-order valence-electron chi connectivity index (χ1n) is 14.3. The number of aromatic amines is 1. The molecule has 0 radical (unpaired) electrons. The fourth-order valence-corrected chi connectivity index (χ4v) is 4.76. The first kappa shape index (κ1) is 33.6. The van der Waals surface area contributed by atoms with Crippen molar-refractivity contribution in [3.8, 4) is 5.75 Å². The molecule has 0 aliphatic carbocycles. The Kier molecular flexibility index (Phi) is 11.9. The summed E-state index contributed by atoms with van der Waals surface area (Å²) in [4.78, 5) is 65.8. The van der Waals surface area contributed by atoms with Crippen molar-refractivity contribution in [2.45, 2.75) is 70.1 Å². The molecule has 0 fully saturated rings. The molecule has 0 aliphatic rings. The number of aliphatic carboxylic acids is 2. The van der Waals surface area contributed by atoms with Crippen LogP contribution in [-0.2, 0) is 36.8 Å². The van der Waals surface area contributed by atoms with Crippen LogP contribution in [0.3, 0.4) is 0 Å². The molecule has 1 heterocycles. The van der Waals surface area contributed by atoms with Crippen LogP contribution in [0.1, 0.15) is 44.2 Å². The average Bonchev–Trinajstić information content (AvgIpc) is 3.37. The number of carbonyl (C=O) groups is 5. The van der Waals surface area contributed by atoms with Gasteiger partial charge in [0, 0.05) is 29.9 Å². The SMILES string of the molecule is CC(C)CC(NC(=O)C(N)Cc1c[nH]c2ccccc12)C(=O)NC(Cc1ccc(O)cc1)C(=O)NC(CCC(=O)O)C(=O)O. The molecule has 9 N–H and O–H groups in total. The van der Waals surface area contributed by atoms with Gasteiger partial charge in [-0.05, 0) is 54.5 Å². The molecule has 2 aromatic carbocycles. The molecule has 0 bridgehead atoms. The van der Waals surface area contributed by atoms with Crippen LogP contribution >= 0.6 is 0 Å². The van der Waals surface area contributed by atoms with E-state index in [1.54, 1.807) is 6.20 Å². The number of phenols is 1. The standard InChI is InChI=1S/C31H39N5O8/c1-17(2)13-25(35-28(40)22(32)15-19-16-33-23-6-4-3-5-21(19)23)29(41)36-26(14-18-7-9-20(37)10-8-18)30(42)34-24(31(43)44)11-12-27(38)39/h3-10,16-17,22,24-26,33,37H,11-15,32H2,1-2H3,(H,34,42)(H,35,40)(H,36,41)(H,38,39)(H,43,44). The lowest BCUT2D eigenvalue weighted by Crippen LogP contribution is -2.58. The number of aromatic hydroxyl groups is 1. The van der Waals surface area contributed by atoms with Gasteiger partial charge >= 0.3 is 11.9 Å². The Morgan fingerprint density at radius 3 is 2.07 bits per heavy atom. The van der Waals surface area contributed by atoms with Crippen molar-refractivity contribution in [2.75, 3.05) is 0 Å². The minimum atomic E-state index is -1.51. The fourth-order valence-electron chi connectivity index (χ4n) is 4.76. The molecular formula is C31H39N5O8. The molecule has 0 saturated carbocycles. The Hall–Kier alpha value is -4.91. The Morgan fingerprint density at radius 2 is 1.43 bits per heavy atom. The summed E-state index contributed by atoms with van der Waals surface area (Å²) in [5.74, 6) is -4.79. The number of benzene rings is 2. The van der Waals surface area contributed by atoms with Crippen molar-refractivity contribution >= 4 is 40.6 Å². The number of amides is 3. The Morgan fingerprint density at radius 1 is 0.818 bits per heavy atom. The van der Waals surface area contributed by atoms with E-state index in [0.29, 0.717) is 5.56 Å². The van der Waals surface area contributed by atoms with Gasteiger partial charge in [-0.25, -0.2) is 4.79 Å². The van der Waals surface area contributed by atoms with E-state index in [1.165, 1.54) is 24.3 Å². The second-order valence-corrected chi connectivity index (χ2v) is 11.1. The number of carboxylic acid groups (broad SMARTS) is 2. The van der Waals surface area contributed by atoms with Gasteiger partial charge in [0.15, 0.2) is 0 Å². The number of phenolic OH excluding ortho intramolecular Hbond substituents is 1. The largest absolute Gasteiger partial charge is 0.508 e. The van der Waals surface area contributed by atoms with E-state index in [-0.39, 0.29) is 37.4 Å². The number of carbonyl (C=O) groups excluding carboxylic acids is 3. The smallest absolute Gasteiger partial charge is 0.326 e.